The SMILES string of the molecule is CN(Cc1cnn(C)c1)C(=O)C=CC(=O)O. The zero-order valence-electron chi connectivity index (χ0n) is 9.12. The average molecular weight is 223 g/mol. The number of hydrogen-bond donors (Lipinski definition) is 1. The van der Waals surface area contributed by atoms with Crippen LogP contribution in [0.3, 0.4) is 0 Å². The van der Waals surface area contributed by atoms with E-state index in [9.17, 15) is 9.59 Å². The summed E-state index contributed by atoms with van der Waals surface area (Å²) < 4.78 is 1.64. The minimum atomic E-state index is -1.14. The first-order chi connectivity index (χ1) is 7.49. The lowest BCUT2D eigenvalue weighted by atomic mass is 10.3. The first-order valence-electron chi connectivity index (χ1n) is 4.62. The van der Waals surface area contributed by atoms with Gasteiger partial charge in [-0.05, 0) is 0 Å². The molecule has 1 rings (SSSR count). The second-order valence-electron chi connectivity index (χ2n) is 3.39. The van der Waals surface area contributed by atoms with Crippen LogP contribution in [0.25, 0.3) is 0 Å². The molecule has 6 heteroatoms. The van der Waals surface area contributed by atoms with Crippen molar-refractivity contribution in [2.75, 3.05) is 7.05 Å². The predicted octanol–water partition coefficient (Wildman–Crippen LogP) is 0.0193. The Morgan fingerprint density at radius 3 is 2.75 bits per heavy atom. The quantitative estimate of drug-likeness (QED) is 0.730. The van der Waals surface area contributed by atoms with Crippen molar-refractivity contribution < 1.29 is 14.7 Å². The molecule has 0 atom stereocenters. The Balaban J connectivity index is 2.55. The van der Waals surface area contributed by atoms with E-state index in [1.807, 2.05) is 0 Å². The molecule has 0 aromatic carbocycles. The van der Waals surface area contributed by atoms with E-state index in [2.05, 4.69) is 5.10 Å². The Hall–Kier alpha value is -2.11. The number of carbonyl (C=O) groups excluding carboxylic acids is 1. The van der Waals surface area contributed by atoms with E-state index in [4.69, 9.17) is 5.11 Å². The standard InChI is InChI=1S/C10H13N3O3/c1-12(9(14)3-4-10(15)16)6-8-5-11-13(2)7-8/h3-5,7H,6H2,1-2H3,(H,15,16). The Morgan fingerprint density at radius 2 is 2.25 bits per heavy atom. The number of likely N-dealkylation sites (N-methyl/N-ethyl adjacent to an activating group) is 1. The molecule has 1 N–H and O–H groups in total. The van der Waals surface area contributed by atoms with Gasteiger partial charge in [0.25, 0.3) is 0 Å². The van der Waals surface area contributed by atoms with Gasteiger partial charge in [-0.25, -0.2) is 4.79 Å². The fourth-order valence-corrected chi connectivity index (χ4v) is 1.18. The summed E-state index contributed by atoms with van der Waals surface area (Å²) in [6.45, 7) is 0.399. The van der Waals surface area contributed by atoms with E-state index in [0.29, 0.717) is 6.54 Å². The van der Waals surface area contributed by atoms with Crippen LogP contribution < -0.4 is 0 Å². The fourth-order valence-electron chi connectivity index (χ4n) is 1.18. The third-order valence-corrected chi connectivity index (χ3v) is 1.92. The number of carboxylic acid groups (broad SMARTS) is 1. The summed E-state index contributed by atoms with van der Waals surface area (Å²) >= 11 is 0. The molecule has 0 unspecified atom stereocenters. The average Bonchev–Trinajstić information content (AvgIpc) is 2.60. The van der Waals surface area contributed by atoms with Gasteiger partial charge in [0.05, 0.1) is 6.20 Å². The molecule has 0 aliphatic rings. The van der Waals surface area contributed by atoms with Crippen LogP contribution in [-0.2, 0) is 23.2 Å². The monoisotopic (exact) mass is 223 g/mol. The maximum atomic E-state index is 11.4. The molecule has 1 aromatic heterocycles. The van der Waals surface area contributed by atoms with Gasteiger partial charge in [0.15, 0.2) is 0 Å². The van der Waals surface area contributed by atoms with Crippen LogP contribution >= 0.6 is 0 Å². The van der Waals surface area contributed by atoms with E-state index in [0.717, 1.165) is 17.7 Å². The van der Waals surface area contributed by atoms with Crippen molar-refractivity contribution in [3.63, 3.8) is 0 Å². The lowest BCUT2D eigenvalue weighted by molar-refractivity contribution is -0.132. The van der Waals surface area contributed by atoms with Gasteiger partial charge in [0.2, 0.25) is 5.91 Å². The molecule has 1 amide bonds. The summed E-state index contributed by atoms with van der Waals surface area (Å²) in [7, 11) is 3.39. The van der Waals surface area contributed by atoms with Crippen LogP contribution in [0.2, 0.25) is 0 Å². The third-order valence-electron chi connectivity index (χ3n) is 1.92. The molecule has 0 fully saturated rings. The number of carboxylic acids is 1. The fraction of sp³-hybridized carbons (Fsp3) is 0.300. The third kappa shape index (κ3) is 3.56. The predicted molar refractivity (Wildman–Crippen MR) is 56.5 cm³/mol. The van der Waals surface area contributed by atoms with Crippen LogP contribution in [0, 0.1) is 0 Å². The minimum Gasteiger partial charge on any atom is -0.478 e. The second-order valence-corrected chi connectivity index (χ2v) is 3.39. The van der Waals surface area contributed by atoms with Gasteiger partial charge < -0.3 is 10.0 Å². The second kappa shape index (κ2) is 5.11. The smallest absolute Gasteiger partial charge is 0.328 e. The molecule has 0 bridgehead atoms. The molecule has 0 saturated heterocycles. The van der Waals surface area contributed by atoms with Crippen LogP contribution in [-0.4, -0.2) is 38.7 Å². The van der Waals surface area contributed by atoms with E-state index in [-0.39, 0.29) is 5.91 Å². The maximum absolute atomic E-state index is 11.4. The summed E-state index contributed by atoms with van der Waals surface area (Å²) in [5.74, 6) is -1.49. The van der Waals surface area contributed by atoms with Crippen molar-refractivity contribution in [1.82, 2.24) is 14.7 Å². The molecule has 1 heterocycles. The number of carbonyl (C=O) groups is 2. The molecule has 6 nitrogen and oxygen atoms in total. The molecule has 0 aliphatic heterocycles. The first-order valence-corrected chi connectivity index (χ1v) is 4.62. The highest BCUT2D eigenvalue weighted by Gasteiger charge is 2.07. The zero-order chi connectivity index (χ0) is 12.1. The van der Waals surface area contributed by atoms with Gasteiger partial charge in [0, 0.05) is 44.6 Å². The normalized spacial score (nSPS) is 10.6. The lowest BCUT2D eigenvalue weighted by Gasteiger charge is -2.13. The molecule has 0 saturated carbocycles. The molecule has 0 radical (unpaired) electrons. The molecule has 1 aromatic rings. The van der Waals surface area contributed by atoms with Crippen molar-refractivity contribution in [1.29, 1.82) is 0 Å². The minimum absolute atomic E-state index is 0.355. The van der Waals surface area contributed by atoms with Crippen molar-refractivity contribution in [3.8, 4) is 0 Å². The van der Waals surface area contributed by atoms with E-state index in [1.165, 1.54) is 4.90 Å². The number of nitrogens with zero attached hydrogens (tertiary/aromatic N) is 3. The highest BCUT2D eigenvalue weighted by atomic mass is 16.4. The van der Waals surface area contributed by atoms with Gasteiger partial charge in [-0.1, -0.05) is 0 Å². The first kappa shape index (κ1) is 12.0. The highest BCUT2D eigenvalue weighted by Crippen LogP contribution is 2.01. The number of rotatable bonds is 4. The number of hydrogen-bond acceptors (Lipinski definition) is 3. The van der Waals surface area contributed by atoms with Crippen LogP contribution in [0.1, 0.15) is 5.56 Å². The van der Waals surface area contributed by atoms with Gasteiger partial charge >= 0.3 is 5.97 Å². The molecule has 86 valence electrons. The van der Waals surface area contributed by atoms with Gasteiger partial charge in [-0.3, -0.25) is 9.48 Å². The molecular weight excluding hydrogens is 210 g/mol. The number of aliphatic carboxylic acids is 1. The molecule has 0 spiro atoms. The topological polar surface area (TPSA) is 75.4 Å². The number of amides is 1. The Bertz CT molecular complexity index is 423. The number of aromatic nitrogens is 2. The Kier molecular flexibility index (Phi) is 3.82. The molecular formula is C10H13N3O3. The van der Waals surface area contributed by atoms with Gasteiger partial charge in [0.1, 0.15) is 0 Å². The van der Waals surface area contributed by atoms with E-state index < -0.39 is 5.97 Å². The van der Waals surface area contributed by atoms with Crippen LogP contribution in [0.4, 0.5) is 0 Å². The van der Waals surface area contributed by atoms with Crippen molar-refractivity contribution >= 4 is 11.9 Å². The van der Waals surface area contributed by atoms with E-state index >= 15 is 0 Å². The maximum Gasteiger partial charge on any atom is 0.328 e. The van der Waals surface area contributed by atoms with Crippen LogP contribution in [0.5, 0.6) is 0 Å². The van der Waals surface area contributed by atoms with Gasteiger partial charge in [-0.15, -0.1) is 0 Å². The van der Waals surface area contributed by atoms with Crippen molar-refractivity contribution in [2.45, 2.75) is 6.54 Å². The summed E-state index contributed by atoms with van der Waals surface area (Å²) in [6.07, 6.45) is 5.30. The van der Waals surface area contributed by atoms with Gasteiger partial charge in [-0.2, -0.15) is 5.10 Å². The highest BCUT2D eigenvalue weighted by molar-refractivity contribution is 5.93. The summed E-state index contributed by atoms with van der Waals surface area (Å²) in [5.41, 5.74) is 0.891. The zero-order valence-corrected chi connectivity index (χ0v) is 9.12. The lowest BCUT2D eigenvalue weighted by Crippen LogP contribution is -2.24. The largest absolute Gasteiger partial charge is 0.478 e. The molecule has 0 aliphatic carbocycles. The summed E-state index contributed by atoms with van der Waals surface area (Å²) in [6, 6.07) is 0. The molecule has 16 heavy (non-hydrogen) atoms. The number of aryl methyl sites for hydroxylation is 1. The Morgan fingerprint density at radius 1 is 1.56 bits per heavy atom. The summed E-state index contributed by atoms with van der Waals surface area (Å²) in [5, 5.41) is 12.3. The summed E-state index contributed by atoms with van der Waals surface area (Å²) in [4.78, 5) is 23.0. The van der Waals surface area contributed by atoms with E-state index in [1.54, 1.807) is 31.2 Å². The van der Waals surface area contributed by atoms with Crippen LogP contribution in [0.15, 0.2) is 24.5 Å². The van der Waals surface area contributed by atoms with Crippen molar-refractivity contribution in [3.05, 3.63) is 30.1 Å². The Labute approximate surface area is 92.8 Å². The van der Waals surface area contributed by atoms with Crippen molar-refractivity contribution in [2.24, 2.45) is 7.05 Å².